The highest BCUT2D eigenvalue weighted by Crippen LogP contribution is 2.23. The predicted molar refractivity (Wildman–Crippen MR) is 136 cm³/mol. The first kappa shape index (κ1) is 24.9. The van der Waals surface area contributed by atoms with Gasteiger partial charge in [-0.3, -0.25) is 4.79 Å². The molecular weight excluding hydrogens is 440 g/mol. The molecule has 3 aromatic carbocycles. The van der Waals surface area contributed by atoms with Gasteiger partial charge < -0.3 is 26.0 Å². The summed E-state index contributed by atoms with van der Waals surface area (Å²) in [5.74, 6) is 0.0768. The molecule has 184 valence electrons. The van der Waals surface area contributed by atoms with Gasteiger partial charge in [0.15, 0.2) is 0 Å². The molecule has 1 unspecified atom stereocenters. The first-order chi connectivity index (χ1) is 16.9. The summed E-state index contributed by atoms with van der Waals surface area (Å²) < 4.78 is 0. The highest BCUT2D eigenvalue weighted by molar-refractivity contribution is 5.79. The first-order valence-electron chi connectivity index (χ1n) is 12.2. The number of amides is 1. The highest BCUT2D eigenvalue weighted by atomic mass is 16.3. The SMILES string of the molecule is CC(Cc1ccc(CC(=O)NC2Cc3ccccc3C2)cc1)NC[C@H](O)c1ccc(O)c(CO)c1. The summed E-state index contributed by atoms with van der Waals surface area (Å²) in [6, 6.07) is 21.6. The molecule has 2 atom stereocenters. The van der Waals surface area contributed by atoms with E-state index in [0.29, 0.717) is 24.1 Å². The Morgan fingerprint density at radius 1 is 1.00 bits per heavy atom. The van der Waals surface area contributed by atoms with Crippen molar-refractivity contribution in [3.8, 4) is 5.75 Å². The smallest absolute Gasteiger partial charge is 0.224 e. The summed E-state index contributed by atoms with van der Waals surface area (Å²) in [4.78, 5) is 12.5. The zero-order chi connectivity index (χ0) is 24.8. The van der Waals surface area contributed by atoms with Gasteiger partial charge in [-0.15, -0.1) is 0 Å². The van der Waals surface area contributed by atoms with Crippen LogP contribution in [-0.4, -0.2) is 39.9 Å². The van der Waals surface area contributed by atoms with Crippen LogP contribution in [0, 0.1) is 0 Å². The fourth-order valence-corrected chi connectivity index (χ4v) is 4.71. The maximum Gasteiger partial charge on any atom is 0.224 e. The monoisotopic (exact) mass is 474 g/mol. The molecule has 6 nitrogen and oxygen atoms in total. The number of aliphatic hydroxyl groups excluding tert-OH is 2. The Hall–Kier alpha value is -3.19. The van der Waals surface area contributed by atoms with Gasteiger partial charge in [0, 0.05) is 24.2 Å². The predicted octanol–water partition coefficient (Wildman–Crippen LogP) is 2.96. The number of phenols is 1. The van der Waals surface area contributed by atoms with Crippen molar-refractivity contribution in [2.24, 2.45) is 0 Å². The topological polar surface area (TPSA) is 102 Å². The molecule has 6 heteroatoms. The van der Waals surface area contributed by atoms with Crippen LogP contribution in [0.5, 0.6) is 5.75 Å². The fraction of sp³-hybridized carbons (Fsp3) is 0.345. The number of aromatic hydroxyl groups is 1. The van der Waals surface area contributed by atoms with E-state index in [9.17, 15) is 20.1 Å². The second kappa shape index (κ2) is 11.5. The van der Waals surface area contributed by atoms with Crippen molar-refractivity contribution in [1.82, 2.24) is 10.6 Å². The Balaban J connectivity index is 1.21. The second-order valence-corrected chi connectivity index (χ2v) is 9.51. The quantitative estimate of drug-likeness (QED) is 0.311. The van der Waals surface area contributed by atoms with Crippen LogP contribution in [0.1, 0.15) is 46.4 Å². The standard InChI is InChI=1S/C29H34N2O4/c1-19(30-17-28(34)24-10-11-27(33)25(14-24)18-32)12-20-6-8-21(9-7-20)13-29(35)31-26-15-22-4-2-3-5-23(22)16-26/h2-11,14,19,26,28,30,32-34H,12-13,15-18H2,1H3,(H,31,35)/t19?,28-/m0/s1. The summed E-state index contributed by atoms with van der Waals surface area (Å²) in [5, 5.41) is 35.9. The lowest BCUT2D eigenvalue weighted by molar-refractivity contribution is -0.121. The number of carbonyl (C=O) groups is 1. The molecule has 0 heterocycles. The van der Waals surface area contributed by atoms with Gasteiger partial charge in [-0.2, -0.15) is 0 Å². The van der Waals surface area contributed by atoms with Gasteiger partial charge in [-0.1, -0.05) is 54.6 Å². The summed E-state index contributed by atoms with van der Waals surface area (Å²) >= 11 is 0. The molecule has 1 amide bonds. The number of hydrogen-bond acceptors (Lipinski definition) is 5. The summed E-state index contributed by atoms with van der Waals surface area (Å²) in [7, 11) is 0. The number of rotatable bonds is 10. The van der Waals surface area contributed by atoms with E-state index in [2.05, 4.69) is 41.8 Å². The van der Waals surface area contributed by atoms with Gasteiger partial charge in [-0.25, -0.2) is 0 Å². The van der Waals surface area contributed by atoms with Crippen LogP contribution < -0.4 is 10.6 Å². The molecule has 0 aromatic heterocycles. The molecule has 0 bridgehead atoms. The lowest BCUT2D eigenvalue weighted by atomic mass is 10.0. The van der Waals surface area contributed by atoms with E-state index in [1.54, 1.807) is 12.1 Å². The van der Waals surface area contributed by atoms with E-state index in [-0.39, 0.29) is 30.3 Å². The largest absolute Gasteiger partial charge is 0.508 e. The van der Waals surface area contributed by atoms with Gasteiger partial charge in [-0.05, 0) is 66.1 Å². The summed E-state index contributed by atoms with van der Waals surface area (Å²) in [6.45, 7) is 2.15. The third-order valence-corrected chi connectivity index (χ3v) is 6.66. The minimum Gasteiger partial charge on any atom is -0.508 e. The van der Waals surface area contributed by atoms with Crippen LogP contribution >= 0.6 is 0 Å². The molecular formula is C29H34N2O4. The Labute approximate surface area is 206 Å². The molecule has 3 aromatic rings. The zero-order valence-electron chi connectivity index (χ0n) is 20.1. The molecule has 0 spiro atoms. The molecule has 4 rings (SSSR count). The average molecular weight is 475 g/mol. The van der Waals surface area contributed by atoms with Gasteiger partial charge in [0.1, 0.15) is 5.75 Å². The normalized spacial score (nSPS) is 14.9. The van der Waals surface area contributed by atoms with E-state index in [4.69, 9.17) is 0 Å². The van der Waals surface area contributed by atoms with Crippen molar-refractivity contribution in [1.29, 1.82) is 0 Å². The van der Waals surface area contributed by atoms with Gasteiger partial charge in [0.25, 0.3) is 0 Å². The van der Waals surface area contributed by atoms with Crippen LogP contribution in [-0.2, 0) is 37.1 Å². The van der Waals surface area contributed by atoms with E-state index >= 15 is 0 Å². The molecule has 0 saturated carbocycles. The molecule has 0 aliphatic heterocycles. The lowest BCUT2D eigenvalue weighted by Crippen LogP contribution is -2.36. The van der Waals surface area contributed by atoms with Crippen LogP contribution in [0.2, 0.25) is 0 Å². The van der Waals surface area contributed by atoms with E-state index in [0.717, 1.165) is 30.4 Å². The van der Waals surface area contributed by atoms with Crippen molar-refractivity contribution in [2.75, 3.05) is 6.54 Å². The summed E-state index contributed by atoms with van der Waals surface area (Å²) in [6.07, 6.45) is 2.22. The minimum absolute atomic E-state index is 0.0230. The average Bonchev–Trinajstić information content (AvgIpc) is 3.26. The van der Waals surface area contributed by atoms with Crippen LogP contribution in [0.4, 0.5) is 0 Å². The zero-order valence-corrected chi connectivity index (χ0v) is 20.1. The number of aliphatic hydroxyl groups is 2. The number of fused-ring (bicyclic) bond motifs is 1. The minimum atomic E-state index is -0.739. The molecule has 1 aliphatic rings. The Kier molecular flexibility index (Phi) is 8.18. The van der Waals surface area contributed by atoms with Crippen LogP contribution in [0.15, 0.2) is 66.7 Å². The maximum atomic E-state index is 12.5. The van der Waals surface area contributed by atoms with Crippen molar-refractivity contribution in [3.05, 3.63) is 100 Å². The maximum absolute atomic E-state index is 12.5. The van der Waals surface area contributed by atoms with E-state index < -0.39 is 6.10 Å². The van der Waals surface area contributed by atoms with Gasteiger partial charge >= 0.3 is 0 Å². The fourth-order valence-electron chi connectivity index (χ4n) is 4.71. The van der Waals surface area contributed by atoms with Crippen LogP contribution in [0.3, 0.4) is 0 Å². The Morgan fingerprint density at radius 3 is 2.31 bits per heavy atom. The van der Waals surface area contributed by atoms with Crippen molar-refractivity contribution < 1.29 is 20.1 Å². The van der Waals surface area contributed by atoms with Gasteiger partial charge in [0.2, 0.25) is 5.91 Å². The van der Waals surface area contributed by atoms with Crippen molar-refractivity contribution >= 4 is 5.91 Å². The third-order valence-electron chi connectivity index (χ3n) is 6.66. The number of carbonyl (C=O) groups excluding carboxylic acids is 1. The molecule has 0 saturated heterocycles. The van der Waals surface area contributed by atoms with Crippen LogP contribution in [0.25, 0.3) is 0 Å². The third kappa shape index (κ3) is 6.69. The molecule has 1 aliphatic carbocycles. The molecule has 5 N–H and O–H groups in total. The number of nitrogens with one attached hydrogen (secondary N) is 2. The lowest BCUT2D eigenvalue weighted by Gasteiger charge is -2.18. The number of benzene rings is 3. The number of hydrogen-bond donors (Lipinski definition) is 5. The Morgan fingerprint density at radius 2 is 1.66 bits per heavy atom. The second-order valence-electron chi connectivity index (χ2n) is 9.51. The van der Waals surface area contributed by atoms with Gasteiger partial charge in [0.05, 0.1) is 19.1 Å². The Bertz CT molecular complexity index is 1120. The first-order valence-corrected chi connectivity index (χ1v) is 12.2. The van der Waals surface area contributed by atoms with Crippen molar-refractivity contribution in [2.45, 2.75) is 57.4 Å². The highest BCUT2D eigenvalue weighted by Gasteiger charge is 2.22. The van der Waals surface area contributed by atoms with E-state index in [1.165, 1.54) is 17.2 Å². The molecule has 0 radical (unpaired) electrons. The molecule has 0 fully saturated rings. The van der Waals surface area contributed by atoms with E-state index in [1.807, 2.05) is 24.3 Å². The molecule has 35 heavy (non-hydrogen) atoms. The van der Waals surface area contributed by atoms with Crippen molar-refractivity contribution in [3.63, 3.8) is 0 Å². The summed E-state index contributed by atoms with van der Waals surface area (Å²) in [5.41, 5.74) is 5.85.